The minimum absolute atomic E-state index is 0.934. The van der Waals surface area contributed by atoms with Crippen molar-refractivity contribution in [2.24, 2.45) is 7.05 Å². The fraction of sp³-hybridized carbons (Fsp3) is 0.364. The maximum atomic E-state index is 4.55. The van der Waals surface area contributed by atoms with Crippen LogP contribution in [-0.2, 0) is 13.5 Å². The Balaban J connectivity index is 2.36. The molecule has 0 amide bonds. The van der Waals surface area contributed by atoms with Crippen molar-refractivity contribution in [3.63, 3.8) is 0 Å². The number of nitrogens with one attached hydrogen (secondary N) is 1. The van der Waals surface area contributed by atoms with Crippen LogP contribution in [0.1, 0.15) is 5.82 Å². The van der Waals surface area contributed by atoms with E-state index in [1.807, 2.05) is 7.05 Å². The quantitative estimate of drug-likeness (QED) is 0.941. The number of thiophene rings is 1. The van der Waals surface area contributed by atoms with Crippen LogP contribution in [0.5, 0.6) is 0 Å². The van der Waals surface area contributed by atoms with Crippen LogP contribution in [0.4, 0.5) is 0 Å². The van der Waals surface area contributed by atoms with E-state index in [-0.39, 0.29) is 0 Å². The van der Waals surface area contributed by atoms with Crippen LogP contribution in [0.2, 0.25) is 0 Å². The lowest BCUT2D eigenvalue weighted by molar-refractivity contribution is 0.720. The second kappa shape index (κ2) is 5.12. The Hall–Kier alpha value is -0.650. The molecular formula is C11H14BrN3S. The van der Waals surface area contributed by atoms with E-state index in [4.69, 9.17) is 0 Å². The van der Waals surface area contributed by atoms with Gasteiger partial charge in [0, 0.05) is 20.0 Å². The van der Waals surface area contributed by atoms with E-state index < -0.39 is 0 Å². The standard InChI is InChI=1S/C11H14BrN3S/c1-13-6-5-9-14-11(12)10(15(9)2)8-4-3-7-16-8/h3-4,7,13H,5-6H2,1-2H3. The molecule has 0 aliphatic heterocycles. The first-order valence-corrected chi connectivity index (χ1v) is 6.81. The maximum absolute atomic E-state index is 4.55. The first-order chi connectivity index (χ1) is 7.74. The third kappa shape index (κ3) is 2.21. The lowest BCUT2D eigenvalue weighted by Gasteiger charge is -2.04. The highest BCUT2D eigenvalue weighted by molar-refractivity contribution is 9.10. The minimum atomic E-state index is 0.934. The van der Waals surface area contributed by atoms with Crippen molar-refractivity contribution < 1.29 is 0 Å². The van der Waals surface area contributed by atoms with Gasteiger partial charge in [0.25, 0.3) is 0 Å². The molecule has 2 heterocycles. The molecule has 0 aliphatic rings. The van der Waals surface area contributed by atoms with Crippen molar-refractivity contribution in [1.29, 1.82) is 0 Å². The van der Waals surface area contributed by atoms with Crippen molar-refractivity contribution in [3.05, 3.63) is 27.9 Å². The zero-order valence-electron chi connectivity index (χ0n) is 9.33. The van der Waals surface area contributed by atoms with Crippen LogP contribution in [0.3, 0.4) is 0 Å². The summed E-state index contributed by atoms with van der Waals surface area (Å²) in [4.78, 5) is 5.80. The van der Waals surface area contributed by atoms with Gasteiger partial charge < -0.3 is 9.88 Å². The van der Waals surface area contributed by atoms with Crippen molar-refractivity contribution in [2.45, 2.75) is 6.42 Å². The van der Waals surface area contributed by atoms with Gasteiger partial charge in [-0.25, -0.2) is 4.98 Å². The van der Waals surface area contributed by atoms with Gasteiger partial charge in [0.2, 0.25) is 0 Å². The Morgan fingerprint density at radius 1 is 1.56 bits per heavy atom. The predicted molar refractivity (Wildman–Crippen MR) is 71.9 cm³/mol. The molecule has 0 atom stereocenters. The molecular weight excluding hydrogens is 286 g/mol. The fourth-order valence-corrected chi connectivity index (χ4v) is 3.27. The number of likely N-dealkylation sites (N-methyl/N-ethyl adjacent to an activating group) is 1. The number of hydrogen-bond acceptors (Lipinski definition) is 3. The monoisotopic (exact) mass is 299 g/mol. The second-order valence-electron chi connectivity index (χ2n) is 3.56. The van der Waals surface area contributed by atoms with Crippen molar-refractivity contribution in [2.75, 3.05) is 13.6 Å². The smallest absolute Gasteiger partial charge is 0.133 e. The van der Waals surface area contributed by atoms with Crippen molar-refractivity contribution in [3.8, 4) is 10.6 Å². The van der Waals surface area contributed by atoms with Gasteiger partial charge >= 0.3 is 0 Å². The van der Waals surface area contributed by atoms with Crippen molar-refractivity contribution in [1.82, 2.24) is 14.9 Å². The van der Waals surface area contributed by atoms with Gasteiger partial charge in [-0.15, -0.1) is 11.3 Å². The van der Waals surface area contributed by atoms with Gasteiger partial charge in [0.15, 0.2) is 0 Å². The number of hydrogen-bond donors (Lipinski definition) is 1. The zero-order chi connectivity index (χ0) is 11.5. The summed E-state index contributed by atoms with van der Waals surface area (Å²) >= 11 is 5.27. The summed E-state index contributed by atoms with van der Waals surface area (Å²) in [5.74, 6) is 1.10. The van der Waals surface area contributed by atoms with Crippen LogP contribution in [0, 0.1) is 0 Å². The van der Waals surface area contributed by atoms with Crippen LogP contribution in [0.15, 0.2) is 22.1 Å². The van der Waals surface area contributed by atoms with E-state index in [0.29, 0.717) is 0 Å². The van der Waals surface area contributed by atoms with Gasteiger partial charge in [-0.05, 0) is 34.4 Å². The molecule has 0 fully saturated rings. The van der Waals surface area contributed by atoms with E-state index in [2.05, 4.69) is 55.4 Å². The Labute approximate surface area is 108 Å². The fourth-order valence-electron chi connectivity index (χ4n) is 1.65. The molecule has 0 unspecified atom stereocenters. The summed E-state index contributed by atoms with van der Waals surface area (Å²) in [5, 5.41) is 5.23. The third-order valence-corrected chi connectivity index (χ3v) is 3.93. The molecule has 0 bridgehead atoms. The molecule has 0 aliphatic carbocycles. The Morgan fingerprint density at radius 2 is 2.38 bits per heavy atom. The van der Waals surface area contributed by atoms with Crippen molar-refractivity contribution >= 4 is 27.3 Å². The molecule has 2 aromatic rings. The molecule has 3 nitrogen and oxygen atoms in total. The van der Waals surface area contributed by atoms with Gasteiger partial charge in [0.05, 0.1) is 10.6 Å². The van der Waals surface area contributed by atoms with Gasteiger partial charge in [-0.2, -0.15) is 0 Å². The number of rotatable bonds is 4. The third-order valence-electron chi connectivity index (χ3n) is 2.50. The number of halogens is 1. The molecule has 0 saturated carbocycles. The van der Waals surface area contributed by atoms with E-state index in [1.165, 1.54) is 10.6 Å². The summed E-state index contributed by atoms with van der Waals surface area (Å²) in [6.07, 6.45) is 0.941. The van der Waals surface area contributed by atoms with Gasteiger partial charge in [-0.3, -0.25) is 0 Å². The van der Waals surface area contributed by atoms with Gasteiger partial charge in [-0.1, -0.05) is 6.07 Å². The average molecular weight is 300 g/mol. The molecule has 86 valence electrons. The van der Waals surface area contributed by atoms with Gasteiger partial charge in [0.1, 0.15) is 10.4 Å². The van der Waals surface area contributed by atoms with E-state index in [9.17, 15) is 0 Å². The molecule has 2 rings (SSSR count). The first-order valence-electron chi connectivity index (χ1n) is 5.13. The first kappa shape index (κ1) is 11.8. The Bertz CT molecular complexity index is 462. The highest BCUT2D eigenvalue weighted by Crippen LogP contribution is 2.31. The predicted octanol–water partition coefficient (Wildman–Crippen LogP) is 2.67. The number of imidazole rings is 1. The summed E-state index contributed by atoms with van der Waals surface area (Å²) in [7, 11) is 4.02. The molecule has 0 aromatic carbocycles. The van der Waals surface area contributed by atoms with E-state index >= 15 is 0 Å². The Kier molecular flexibility index (Phi) is 3.78. The average Bonchev–Trinajstić information content (AvgIpc) is 2.85. The molecule has 2 aromatic heterocycles. The topological polar surface area (TPSA) is 29.9 Å². The maximum Gasteiger partial charge on any atom is 0.133 e. The number of nitrogens with zero attached hydrogens (tertiary/aromatic N) is 2. The molecule has 0 spiro atoms. The summed E-state index contributed by atoms with van der Waals surface area (Å²) in [5.41, 5.74) is 1.17. The van der Waals surface area contributed by atoms with Crippen LogP contribution in [0.25, 0.3) is 10.6 Å². The normalized spacial score (nSPS) is 10.9. The highest BCUT2D eigenvalue weighted by Gasteiger charge is 2.14. The largest absolute Gasteiger partial charge is 0.329 e. The summed E-state index contributed by atoms with van der Waals surface area (Å²) < 4.78 is 3.09. The minimum Gasteiger partial charge on any atom is -0.329 e. The second-order valence-corrected chi connectivity index (χ2v) is 5.26. The lowest BCUT2D eigenvalue weighted by atomic mass is 10.3. The lowest BCUT2D eigenvalue weighted by Crippen LogP contribution is -2.13. The van der Waals surface area contributed by atoms with E-state index in [0.717, 1.165) is 23.4 Å². The SMILES string of the molecule is CNCCc1nc(Br)c(-c2cccs2)n1C. The summed E-state index contributed by atoms with van der Waals surface area (Å²) in [6.45, 7) is 0.946. The van der Waals surface area contributed by atoms with Crippen LogP contribution >= 0.6 is 27.3 Å². The molecule has 0 radical (unpaired) electrons. The Morgan fingerprint density at radius 3 is 3.00 bits per heavy atom. The molecule has 1 N–H and O–H groups in total. The molecule has 0 saturated heterocycles. The zero-order valence-corrected chi connectivity index (χ0v) is 11.7. The van der Waals surface area contributed by atoms with E-state index in [1.54, 1.807) is 11.3 Å². The van der Waals surface area contributed by atoms with Crippen LogP contribution < -0.4 is 5.32 Å². The van der Waals surface area contributed by atoms with Crippen LogP contribution in [-0.4, -0.2) is 23.1 Å². The summed E-state index contributed by atoms with van der Waals surface area (Å²) in [6, 6.07) is 4.18. The molecule has 5 heteroatoms. The highest BCUT2D eigenvalue weighted by atomic mass is 79.9. The number of aromatic nitrogens is 2. The molecule has 16 heavy (non-hydrogen) atoms.